The summed E-state index contributed by atoms with van der Waals surface area (Å²) in [6.45, 7) is 5.76. The first-order valence-corrected chi connectivity index (χ1v) is 7.80. The van der Waals surface area contributed by atoms with Crippen molar-refractivity contribution in [3.8, 4) is 0 Å². The predicted octanol–water partition coefficient (Wildman–Crippen LogP) is 1.45. The van der Waals surface area contributed by atoms with Gasteiger partial charge in [-0.2, -0.15) is 0 Å². The van der Waals surface area contributed by atoms with Crippen LogP contribution in [0, 0.1) is 0 Å². The molecule has 1 aromatic rings. The number of nitrogens with one attached hydrogen (secondary N) is 2. The minimum atomic E-state index is -3.38. The summed E-state index contributed by atoms with van der Waals surface area (Å²) in [6, 6.07) is 7.14. The molecule has 2 N–H and O–H groups in total. The first-order valence-electron chi connectivity index (χ1n) is 6.32. The molecule has 1 atom stereocenters. The van der Waals surface area contributed by atoms with E-state index >= 15 is 0 Å². The molecule has 0 radical (unpaired) electrons. The van der Waals surface area contributed by atoms with E-state index in [1.807, 2.05) is 12.1 Å². The minimum absolute atomic E-state index is 0.0137. The van der Waals surface area contributed by atoms with Gasteiger partial charge in [-0.05, 0) is 36.6 Å². The fourth-order valence-corrected chi connectivity index (χ4v) is 3.35. The van der Waals surface area contributed by atoms with Crippen LogP contribution in [-0.2, 0) is 10.0 Å². The Morgan fingerprint density at radius 3 is 2.44 bits per heavy atom. The van der Waals surface area contributed by atoms with Gasteiger partial charge in [0.1, 0.15) is 0 Å². The summed E-state index contributed by atoms with van der Waals surface area (Å²) in [5.41, 5.74) is 1.15. The first kappa shape index (κ1) is 13.5. The molecular formula is C13H20N2O2S. The number of rotatable bonds is 4. The van der Waals surface area contributed by atoms with Crippen LogP contribution in [0.15, 0.2) is 29.2 Å². The van der Waals surface area contributed by atoms with Gasteiger partial charge >= 0.3 is 0 Å². The van der Waals surface area contributed by atoms with Gasteiger partial charge in [-0.1, -0.05) is 26.0 Å². The lowest BCUT2D eigenvalue weighted by Gasteiger charge is -2.13. The zero-order valence-electron chi connectivity index (χ0n) is 10.8. The Hall–Kier alpha value is -0.910. The predicted molar refractivity (Wildman–Crippen MR) is 72.1 cm³/mol. The molecule has 1 aliphatic rings. The summed E-state index contributed by atoms with van der Waals surface area (Å²) in [5, 5.41) is 3.14. The van der Waals surface area contributed by atoms with E-state index in [1.54, 1.807) is 12.1 Å². The van der Waals surface area contributed by atoms with Crippen molar-refractivity contribution in [2.45, 2.75) is 37.1 Å². The molecule has 1 saturated heterocycles. The van der Waals surface area contributed by atoms with Crippen molar-refractivity contribution in [3.63, 3.8) is 0 Å². The van der Waals surface area contributed by atoms with Crippen molar-refractivity contribution < 1.29 is 8.42 Å². The molecule has 100 valence electrons. The van der Waals surface area contributed by atoms with Crippen LogP contribution < -0.4 is 10.0 Å². The summed E-state index contributed by atoms with van der Waals surface area (Å²) < 4.78 is 27.0. The molecule has 5 heteroatoms. The van der Waals surface area contributed by atoms with Crippen LogP contribution >= 0.6 is 0 Å². The third-order valence-corrected chi connectivity index (χ3v) is 4.78. The standard InChI is InChI=1S/C13H20N2O2S/c1-10(2)11-3-5-13(6-4-11)18(16,17)15-12-7-8-14-9-12/h3-6,10,12,14-15H,7-9H2,1-2H3. The third-order valence-electron chi connectivity index (χ3n) is 3.24. The maximum absolute atomic E-state index is 12.1. The van der Waals surface area contributed by atoms with Crippen molar-refractivity contribution in [1.82, 2.24) is 10.0 Å². The fraction of sp³-hybridized carbons (Fsp3) is 0.538. The van der Waals surface area contributed by atoms with Gasteiger partial charge in [0.2, 0.25) is 10.0 Å². The molecule has 0 saturated carbocycles. The highest BCUT2D eigenvalue weighted by atomic mass is 32.2. The Bertz CT molecular complexity index is 488. The maximum atomic E-state index is 12.1. The highest BCUT2D eigenvalue weighted by Gasteiger charge is 2.22. The van der Waals surface area contributed by atoms with Crippen LogP contribution in [0.2, 0.25) is 0 Å². The number of hydrogen-bond donors (Lipinski definition) is 2. The Kier molecular flexibility index (Phi) is 4.04. The molecule has 2 rings (SSSR count). The monoisotopic (exact) mass is 268 g/mol. The second kappa shape index (κ2) is 5.38. The average molecular weight is 268 g/mol. The Labute approximate surface area is 109 Å². The van der Waals surface area contributed by atoms with Crippen molar-refractivity contribution >= 4 is 10.0 Å². The molecule has 1 aromatic carbocycles. The van der Waals surface area contributed by atoms with Gasteiger partial charge < -0.3 is 5.32 Å². The lowest BCUT2D eigenvalue weighted by atomic mass is 10.0. The van der Waals surface area contributed by atoms with Crippen molar-refractivity contribution in [3.05, 3.63) is 29.8 Å². The van der Waals surface area contributed by atoms with Crippen LogP contribution in [0.25, 0.3) is 0 Å². The van der Waals surface area contributed by atoms with Gasteiger partial charge in [0, 0.05) is 12.6 Å². The van der Waals surface area contributed by atoms with Gasteiger partial charge in [0.05, 0.1) is 4.90 Å². The molecule has 0 spiro atoms. The molecule has 4 nitrogen and oxygen atoms in total. The van der Waals surface area contributed by atoms with E-state index in [0.717, 1.165) is 18.5 Å². The van der Waals surface area contributed by atoms with E-state index in [2.05, 4.69) is 23.9 Å². The third kappa shape index (κ3) is 3.10. The Morgan fingerprint density at radius 1 is 1.28 bits per heavy atom. The Morgan fingerprint density at radius 2 is 1.94 bits per heavy atom. The zero-order valence-corrected chi connectivity index (χ0v) is 11.6. The molecule has 0 amide bonds. The fourth-order valence-electron chi connectivity index (χ4n) is 2.07. The SMILES string of the molecule is CC(C)c1ccc(S(=O)(=O)NC2CCNC2)cc1. The molecule has 1 heterocycles. The zero-order chi connectivity index (χ0) is 13.2. The summed E-state index contributed by atoms with van der Waals surface area (Å²) in [7, 11) is -3.38. The van der Waals surface area contributed by atoms with Crippen LogP contribution in [-0.4, -0.2) is 27.5 Å². The number of sulfonamides is 1. The number of benzene rings is 1. The van der Waals surface area contributed by atoms with E-state index in [0.29, 0.717) is 17.4 Å². The van der Waals surface area contributed by atoms with Crippen LogP contribution in [0.1, 0.15) is 31.7 Å². The van der Waals surface area contributed by atoms with E-state index in [-0.39, 0.29) is 6.04 Å². The average Bonchev–Trinajstić information content (AvgIpc) is 2.81. The minimum Gasteiger partial charge on any atom is -0.315 e. The van der Waals surface area contributed by atoms with Crippen molar-refractivity contribution in [2.75, 3.05) is 13.1 Å². The molecule has 1 aliphatic heterocycles. The highest BCUT2D eigenvalue weighted by molar-refractivity contribution is 7.89. The van der Waals surface area contributed by atoms with Crippen LogP contribution in [0.4, 0.5) is 0 Å². The van der Waals surface area contributed by atoms with Crippen molar-refractivity contribution in [2.24, 2.45) is 0 Å². The largest absolute Gasteiger partial charge is 0.315 e. The second-order valence-corrected chi connectivity index (χ2v) is 6.75. The van der Waals surface area contributed by atoms with Crippen LogP contribution in [0.5, 0.6) is 0 Å². The molecule has 1 fully saturated rings. The number of hydrogen-bond acceptors (Lipinski definition) is 3. The Balaban J connectivity index is 2.13. The normalized spacial score (nSPS) is 20.5. The topological polar surface area (TPSA) is 58.2 Å². The van der Waals surface area contributed by atoms with Gasteiger partial charge in [-0.3, -0.25) is 0 Å². The molecule has 0 aromatic heterocycles. The molecule has 0 aliphatic carbocycles. The molecular weight excluding hydrogens is 248 g/mol. The van der Waals surface area contributed by atoms with Gasteiger partial charge in [-0.25, -0.2) is 13.1 Å². The second-order valence-electron chi connectivity index (χ2n) is 5.03. The summed E-state index contributed by atoms with van der Waals surface area (Å²) in [4.78, 5) is 0.346. The van der Waals surface area contributed by atoms with E-state index < -0.39 is 10.0 Å². The smallest absolute Gasteiger partial charge is 0.240 e. The van der Waals surface area contributed by atoms with E-state index in [9.17, 15) is 8.42 Å². The lowest BCUT2D eigenvalue weighted by Crippen LogP contribution is -2.36. The van der Waals surface area contributed by atoms with E-state index in [1.165, 1.54) is 0 Å². The lowest BCUT2D eigenvalue weighted by molar-refractivity contribution is 0.560. The molecule has 0 bridgehead atoms. The maximum Gasteiger partial charge on any atom is 0.240 e. The molecule has 1 unspecified atom stereocenters. The molecule has 18 heavy (non-hydrogen) atoms. The van der Waals surface area contributed by atoms with Crippen LogP contribution in [0.3, 0.4) is 0 Å². The van der Waals surface area contributed by atoms with Gasteiger partial charge in [-0.15, -0.1) is 0 Å². The highest BCUT2D eigenvalue weighted by Crippen LogP contribution is 2.17. The quantitative estimate of drug-likeness (QED) is 0.869. The van der Waals surface area contributed by atoms with Gasteiger partial charge in [0.25, 0.3) is 0 Å². The van der Waals surface area contributed by atoms with E-state index in [4.69, 9.17) is 0 Å². The van der Waals surface area contributed by atoms with Crippen molar-refractivity contribution in [1.29, 1.82) is 0 Å². The van der Waals surface area contributed by atoms with Gasteiger partial charge in [0.15, 0.2) is 0 Å². The first-order chi connectivity index (χ1) is 8.49. The summed E-state index contributed by atoms with van der Waals surface area (Å²) >= 11 is 0. The summed E-state index contributed by atoms with van der Waals surface area (Å²) in [6.07, 6.45) is 0.851. The summed E-state index contributed by atoms with van der Waals surface area (Å²) in [5.74, 6) is 0.411.